The highest BCUT2D eigenvalue weighted by Crippen LogP contribution is 2.30. The molecule has 1 amide bonds. The van der Waals surface area contributed by atoms with E-state index < -0.39 is 0 Å². The van der Waals surface area contributed by atoms with Crippen LogP contribution in [0.25, 0.3) is 11.6 Å². The summed E-state index contributed by atoms with van der Waals surface area (Å²) in [6.45, 7) is 16.7. The smallest absolute Gasteiger partial charge is 0.254 e. The summed E-state index contributed by atoms with van der Waals surface area (Å²) in [4.78, 5) is 15.7. The monoisotopic (exact) mass is 439 g/mol. The lowest BCUT2D eigenvalue weighted by Gasteiger charge is -2.31. The van der Waals surface area contributed by atoms with Gasteiger partial charge in [0.25, 0.3) is 5.91 Å². The van der Waals surface area contributed by atoms with Gasteiger partial charge in [0.15, 0.2) is 0 Å². The average molecular weight is 440 g/mol. The third-order valence-corrected chi connectivity index (χ3v) is 6.27. The summed E-state index contributed by atoms with van der Waals surface area (Å²) in [7, 11) is 0. The van der Waals surface area contributed by atoms with Gasteiger partial charge in [-0.05, 0) is 101 Å². The minimum Gasteiger partial charge on any atom is -0.334 e. The molecule has 0 bridgehead atoms. The van der Waals surface area contributed by atoms with Crippen molar-refractivity contribution in [2.45, 2.75) is 67.5 Å². The van der Waals surface area contributed by atoms with Crippen LogP contribution in [0.5, 0.6) is 0 Å². The molecule has 33 heavy (non-hydrogen) atoms. The zero-order valence-corrected chi connectivity index (χ0v) is 21.4. The van der Waals surface area contributed by atoms with Gasteiger partial charge in [-0.25, -0.2) is 0 Å². The van der Waals surface area contributed by atoms with Crippen molar-refractivity contribution in [1.82, 2.24) is 4.90 Å². The average Bonchev–Trinajstić information content (AvgIpc) is 2.75. The summed E-state index contributed by atoms with van der Waals surface area (Å²) < 4.78 is 0. The Kier molecular flexibility index (Phi) is 7.58. The maximum Gasteiger partial charge on any atom is 0.254 e. The third kappa shape index (κ3) is 5.63. The fourth-order valence-corrected chi connectivity index (χ4v) is 4.30. The van der Waals surface area contributed by atoms with Gasteiger partial charge in [-0.1, -0.05) is 65.7 Å². The molecule has 0 saturated heterocycles. The van der Waals surface area contributed by atoms with Crippen LogP contribution < -0.4 is 0 Å². The van der Waals surface area contributed by atoms with E-state index in [1.165, 1.54) is 16.7 Å². The molecule has 0 fully saturated rings. The van der Waals surface area contributed by atoms with Crippen molar-refractivity contribution in [2.24, 2.45) is 0 Å². The second kappa shape index (κ2) is 10.2. The topological polar surface area (TPSA) is 20.3 Å². The van der Waals surface area contributed by atoms with Crippen LogP contribution in [-0.4, -0.2) is 22.9 Å². The molecule has 3 aromatic carbocycles. The molecular formula is C31H37NO. The van der Waals surface area contributed by atoms with E-state index in [9.17, 15) is 4.79 Å². The van der Waals surface area contributed by atoms with Crippen LogP contribution >= 0.6 is 0 Å². The summed E-state index contributed by atoms with van der Waals surface area (Å²) >= 11 is 0. The largest absolute Gasteiger partial charge is 0.334 e. The second-order valence-electron chi connectivity index (χ2n) is 9.71. The minimum atomic E-state index is 0.0847. The van der Waals surface area contributed by atoms with Gasteiger partial charge in [-0.3, -0.25) is 4.79 Å². The van der Waals surface area contributed by atoms with E-state index >= 15 is 0 Å². The number of carbonyl (C=O) groups is 1. The van der Waals surface area contributed by atoms with Crippen molar-refractivity contribution in [3.63, 3.8) is 0 Å². The van der Waals surface area contributed by atoms with E-state index in [0.29, 0.717) is 0 Å². The zero-order chi connectivity index (χ0) is 24.3. The molecule has 2 nitrogen and oxygen atoms in total. The Labute approximate surface area is 200 Å². The zero-order valence-electron chi connectivity index (χ0n) is 21.4. The molecule has 0 aromatic heterocycles. The maximum atomic E-state index is 13.8. The van der Waals surface area contributed by atoms with Crippen molar-refractivity contribution >= 4 is 17.6 Å². The molecule has 0 unspecified atom stereocenters. The lowest BCUT2D eigenvalue weighted by molar-refractivity contribution is 0.0643. The van der Waals surface area contributed by atoms with Crippen LogP contribution in [0, 0.1) is 27.7 Å². The summed E-state index contributed by atoms with van der Waals surface area (Å²) in [6.07, 6.45) is 2.19. The predicted molar refractivity (Wildman–Crippen MR) is 142 cm³/mol. The quantitative estimate of drug-likeness (QED) is 0.359. The van der Waals surface area contributed by atoms with Gasteiger partial charge in [0.05, 0.1) is 0 Å². The molecule has 0 N–H and O–H groups in total. The fraction of sp³-hybridized carbons (Fsp3) is 0.323. The minimum absolute atomic E-state index is 0.0847. The second-order valence-corrected chi connectivity index (χ2v) is 9.71. The highest BCUT2D eigenvalue weighted by atomic mass is 16.2. The molecule has 172 valence electrons. The Bertz CT molecular complexity index is 1090. The van der Waals surface area contributed by atoms with Gasteiger partial charge in [-0.15, -0.1) is 0 Å². The first-order valence-electron chi connectivity index (χ1n) is 11.9. The molecule has 0 aliphatic carbocycles. The standard InChI is InChI=1S/C31H37NO/c1-20(2)32(21(3)4)31(33)30-18-25(8)24(7)17-28(30)19-29(26-13-9-22(5)10-14-26)27-15-11-23(6)12-16-27/h9-21H,1-8H3. The molecule has 0 aliphatic rings. The van der Waals surface area contributed by atoms with Crippen molar-refractivity contribution in [3.8, 4) is 0 Å². The summed E-state index contributed by atoms with van der Waals surface area (Å²) in [5, 5.41) is 0. The van der Waals surface area contributed by atoms with E-state index in [1.54, 1.807) is 0 Å². The van der Waals surface area contributed by atoms with E-state index in [-0.39, 0.29) is 18.0 Å². The van der Waals surface area contributed by atoms with Crippen LogP contribution in [0.2, 0.25) is 0 Å². The number of carbonyl (C=O) groups excluding carboxylic acids is 1. The van der Waals surface area contributed by atoms with E-state index in [2.05, 4.69) is 122 Å². The Morgan fingerprint density at radius 1 is 0.697 bits per heavy atom. The first-order valence-corrected chi connectivity index (χ1v) is 11.9. The lowest BCUT2D eigenvalue weighted by Crippen LogP contribution is -2.42. The molecule has 0 spiro atoms. The lowest BCUT2D eigenvalue weighted by atomic mass is 9.91. The molecule has 0 radical (unpaired) electrons. The number of benzene rings is 3. The SMILES string of the molecule is Cc1ccc(C(=Cc2cc(C)c(C)cc2C(=O)N(C(C)C)C(C)C)c2ccc(C)cc2)cc1. The van der Waals surface area contributed by atoms with Crippen molar-refractivity contribution in [2.75, 3.05) is 0 Å². The maximum absolute atomic E-state index is 13.8. The van der Waals surface area contributed by atoms with Crippen molar-refractivity contribution in [3.05, 3.63) is 105 Å². The van der Waals surface area contributed by atoms with Gasteiger partial charge in [0.2, 0.25) is 0 Å². The van der Waals surface area contributed by atoms with Gasteiger partial charge in [-0.2, -0.15) is 0 Å². The number of rotatable bonds is 6. The molecule has 3 aromatic rings. The van der Waals surface area contributed by atoms with Crippen LogP contribution in [-0.2, 0) is 0 Å². The predicted octanol–water partition coefficient (Wildman–Crippen LogP) is 7.77. The molecule has 3 rings (SSSR count). The number of amides is 1. The Morgan fingerprint density at radius 3 is 1.55 bits per heavy atom. The van der Waals surface area contributed by atoms with Gasteiger partial charge < -0.3 is 4.90 Å². The molecule has 0 atom stereocenters. The summed E-state index contributed by atoms with van der Waals surface area (Å²) in [5.41, 5.74) is 9.91. The molecule has 0 aliphatic heterocycles. The van der Waals surface area contributed by atoms with Gasteiger partial charge >= 0.3 is 0 Å². The Balaban J connectivity index is 2.25. The number of hydrogen-bond acceptors (Lipinski definition) is 1. The summed E-state index contributed by atoms with van der Waals surface area (Å²) in [6, 6.07) is 21.7. The Hall–Kier alpha value is -3.13. The highest BCUT2D eigenvalue weighted by Gasteiger charge is 2.24. The van der Waals surface area contributed by atoms with E-state index in [1.807, 2.05) is 4.90 Å². The Morgan fingerprint density at radius 2 is 1.12 bits per heavy atom. The normalized spacial score (nSPS) is 11.1. The molecule has 0 heterocycles. The first-order chi connectivity index (χ1) is 15.6. The molecule has 2 heteroatoms. The van der Waals surface area contributed by atoms with Crippen molar-refractivity contribution < 1.29 is 4.79 Å². The number of aryl methyl sites for hydroxylation is 4. The summed E-state index contributed by atoms with van der Waals surface area (Å²) in [5.74, 6) is 0.0847. The van der Waals surface area contributed by atoms with Gasteiger partial charge in [0.1, 0.15) is 0 Å². The third-order valence-electron chi connectivity index (χ3n) is 6.27. The van der Waals surface area contributed by atoms with E-state index in [4.69, 9.17) is 0 Å². The van der Waals surface area contributed by atoms with Crippen LogP contribution in [0.4, 0.5) is 0 Å². The highest BCUT2D eigenvalue weighted by molar-refractivity contribution is 6.02. The van der Waals surface area contributed by atoms with Crippen molar-refractivity contribution in [1.29, 1.82) is 0 Å². The first kappa shape index (κ1) is 24.5. The number of hydrogen-bond donors (Lipinski definition) is 0. The van der Waals surface area contributed by atoms with Crippen LogP contribution in [0.15, 0.2) is 60.7 Å². The number of nitrogens with zero attached hydrogens (tertiary/aromatic N) is 1. The van der Waals surface area contributed by atoms with Gasteiger partial charge in [0, 0.05) is 17.6 Å². The van der Waals surface area contributed by atoms with E-state index in [0.717, 1.165) is 33.4 Å². The molecular weight excluding hydrogens is 402 g/mol. The molecule has 0 saturated carbocycles. The van der Waals surface area contributed by atoms with Crippen LogP contribution in [0.1, 0.15) is 77.0 Å². The van der Waals surface area contributed by atoms with Crippen LogP contribution in [0.3, 0.4) is 0 Å². The fourth-order valence-electron chi connectivity index (χ4n) is 4.30.